The molecule has 204 valence electrons. The summed E-state index contributed by atoms with van der Waals surface area (Å²) < 4.78 is 117. The van der Waals surface area contributed by atoms with Gasteiger partial charge in [-0.1, -0.05) is 36.4 Å². The Morgan fingerprint density at radius 1 is 0.816 bits per heavy atom. The highest BCUT2D eigenvalue weighted by atomic mass is 32.2. The number of anilines is 1. The number of halogens is 3. The van der Waals surface area contributed by atoms with Crippen molar-refractivity contribution in [1.82, 2.24) is 4.72 Å². The maximum atomic E-state index is 13.5. The molecular weight excluding hydrogens is 569 g/mol. The highest BCUT2D eigenvalue weighted by molar-refractivity contribution is 7.92. The third-order valence-electron chi connectivity index (χ3n) is 5.09. The lowest BCUT2D eigenvalue weighted by atomic mass is 10.2. The zero-order valence-corrected chi connectivity index (χ0v) is 22.0. The van der Waals surface area contributed by atoms with Crippen molar-refractivity contribution >= 4 is 41.3 Å². The highest BCUT2D eigenvalue weighted by Gasteiger charge is 2.48. The fraction of sp³-hybridized carbons (Fsp3) is 0.174. The molecule has 2 N–H and O–H groups in total. The quantitative estimate of drug-likeness (QED) is 0.386. The van der Waals surface area contributed by atoms with Crippen LogP contribution in [0.2, 0.25) is 0 Å². The molecule has 0 heterocycles. The van der Waals surface area contributed by atoms with Crippen molar-refractivity contribution in [3.63, 3.8) is 0 Å². The number of carbonyl (C=O) groups excluding carboxylic acids is 1. The lowest BCUT2D eigenvalue weighted by molar-refractivity contribution is -0.0435. The third kappa shape index (κ3) is 6.52. The van der Waals surface area contributed by atoms with Gasteiger partial charge < -0.3 is 5.32 Å². The summed E-state index contributed by atoms with van der Waals surface area (Å²) in [6, 6.07) is 15.0. The maximum absolute atomic E-state index is 13.5. The number of nitrogens with one attached hydrogen (secondary N) is 2. The highest BCUT2D eigenvalue weighted by Crippen LogP contribution is 2.36. The number of sulfonamides is 1. The van der Waals surface area contributed by atoms with Crippen molar-refractivity contribution in [1.29, 1.82) is 0 Å². The van der Waals surface area contributed by atoms with E-state index in [0.29, 0.717) is 0 Å². The average Bonchev–Trinajstić information content (AvgIpc) is 2.84. The number of benzene rings is 3. The number of sulfone groups is 2. The number of hydrogen-bond acceptors (Lipinski definition) is 8. The average molecular weight is 591 g/mol. The number of rotatable bonds is 9. The monoisotopic (exact) mass is 590 g/mol. The molecular formula is C23H21F3N2O7S3. The van der Waals surface area contributed by atoms with Crippen molar-refractivity contribution in [2.75, 3.05) is 11.1 Å². The summed E-state index contributed by atoms with van der Waals surface area (Å²) in [4.78, 5) is 9.85. The first-order valence-corrected chi connectivity index (χ1v) is 15.3. The third-order valence-corrected chi connectivity index (χ3v) is 9.88. The van der Waals surface area contributed by atoms with Gasteiger partial charge in [0.1, 0.15) is 4.90 Å². The Hall–Kier alpha value is -3.43. The standard InChI is InChI=1S/C23H21F3N2O7S3/c1-16(15-36(30,31)18-10-6-3-7-11-18)27-20-13-12-19(14-21(20)37(32,33)23(24,25)26)38(34,35)28-22(29)17-8-4-2-5-9-17/h2-14,16,27H,15H2,1H3,(H,28,29)/t16-/m1/s1. The molecule has 38 heavy (non-hydrogen) atoms. The molecule has 3 rings (SSSR count). The second kappa shape index (κ2) is 10.7. The summed E-state index contributed by atoms with van der Waals surface area (Å²) in [5.74, 6) is -1.71. The molecule has 15 heteroatoms. The van der Waals surface area contributed by atoms with Crippen LogP contribution in [0.15, 0.2) is 93.5 Å². The minimum Gasteiger partial charge on any atom is -0.380 e. The van der Waals surface area contributed by atoms with Crippen LogP contribution in [0.1, 0.15) is 17.3 Å². The Balaban J connectivity index is 1.98. The summed E-state index contributed by atoms with van der Waals surface area (Å²) in [6.07, 6.45) is 0. The van der Waals surface area contributed by atoms with Gasteiger partial charge in [-0.25, -0.2) is 30.0 Å². The van der Waals surface area contributed by atoms with Gasteiger partial charge in [0.15, 0.2) is 9.84 Å². The summed E-state index contributed by atoms with van der Waals surface area (Å²) >= 11 is 0. The summed E-state index contributed by atoms with van der Waals surface area (Å²) in [6.45, 7) is 1.30. The molecule has 9 nitrogen and oxygen atoms in total. The first-order valence-electron chi connectivity index (χ1n) is 10.7. The van der Waals surface area contributed by atoms with E-state index in [9.17, 15) is 43.2 Å². The van der Waals surface area contributed by atoms with Crippen LogP contribution in [-0.2, 0) is 29.7 Å². The number of carbonyl (C=O) groups is 1. The molecule has 1 atom stereocenters. The molecule has 3 aromatic rings. The molecule has 0 saturated heterocycles. The van der Waals surface area contributed by atoms with Crippen LogP contribution < -0.4 is 10.0 Å². The van der Waals surface area contributed by atoms with E-state index in [4.69, 9.17) is 0 Å². The van der Waals surface area contributed by atoms with Gasteiger partial charge >= 0.3 is 5.51 Å². The summed E-state index contributed by atoms with van der Waals surface area (Å²) in [5.41, 5.74) is -6.55. The van der Waals surface area contributed by atoms with Crippen molar-refractivity contribution in [3.8, 4) is 0 Å². The summed E-state index contributed by atoms with van der Waals surface area (Å²) in [5, 5.41) is 2.42. The minimum atomic E-state index is -6.10. The van der Waals surface area contributed by atoms with Crippen LogP contribution in [0.25, 0.3) is 0 Å². The van der Waals surface area contributed by atoms with Crippen LogP contribution in [0, 0.1) is 0 Å². The number of alkyl halides is 3. The lowest BCUT2D eigenvalue weighted by Gasteiger charge is -2.20. The van der Waals surface area contributed by atoms with Crippen molar-refractivity contribution in [2.24, 2.45) is 0 Å². The predicted octanol–water partition coefficient (Wildman–Crippen LogP) is 3.37. The van der Waals surface area contributed by atoms with Crippen molar-refractivity contribution in [3.05, 3.63) is 84.4 Å². The van der Waals surface area contributed by atoms with E-state index >= 15 is 0 Å². The SMILES string of the molecule is C[C@H](CS(=O)(=O)c1ccccc1)Nc1ccc(S(=O)(=O)NC(=O)c2ccccc2)cc1S(=O)(=O)C(F)(F)F. The molecule has 0 fully saturated rings. The van der Waals surface area contributed by atoms with E-state index in [1.807, 2.05) is 0 Å². The maximum Gasteiger partial charge on any atom is 0.501 e. The predicted molar refractivity (Wildman–Crippen MR) is 132 cm³/mol. The second-order valence-corrected chi connectivity index (χ2v) is 13.7. The van der Waals surface area contributed by atoms with Crippen molar-refractivity contribution in [2.45, 2.75) is 33.2 Å². The topological polar surface area (TPSA) is 144 Å². The Bertz CT molecular complexity index is 1640. The van der Waals surface area contributed by atoms with Crippen LogP contribution >= 0.6 is 0 Å². The van der Waals surface area contributed by atoms with E-state index < -0.39 is 68.4 Å². The fourth-order valence-electron chi connectivity index (χ4n) is 3.33. The van der Waals surface area contributed by atoms with Gasteiger partial charge in [-0.2, -0.15) is 13.2 Å². The minimum absolute atomic E-state index is 0.0487. The molecule has 0 aliphatic carbocycles. The van der Waals surface area contributed by atoms with E-state index in [-0.39, 0.29) is 16.5 Å². The normalized spacial score (nSPS) is 13.5. The van der Waals surface area contributed by atoms with E-state index in [2.05, 4.69) is 5.32 Å². The molecule has 0 aromatic heterocycles. The van der Waals surface area contributed by atoms with Crippen LogP contribution in [0.5, 0.6) is 0 Å². The largest absolute Gasteiger partial charge is 0.501 e. The van der Waals surface area contributed by atoms with Gasteiger partial charge in [0.25, 0.3) is 25.8 Å². The van der Waals surface area contributed by atoms with E-state index in [0.717, 1.165) is 12.1 Å². The number of hydrogen-bond donors (Lipinski definition) is 2. The molecule has 0 saturated carbocycles. The Labute approximate surface area is 217 Å². The van der Waals surface area contributed by atoms with Gasteiger partial charge in [0.05, 0.1) is 21.2 Å². The molecule has 0 unspecified atom stereocenters. The smallest absolute Gasteiger partial charge is 0.380 e. The van der Waals surface area contributed by atoms with Crippen LogP contribution in [0.4, 0.5) is 18.9 Å². The Kier molecular flexibility index (Phi) is 8.24. The molecule has 3 aromatic carbocycles. The molecule has 1 amide bonds. The van der Waals surface area contributed by atoms with Crippen molar-refractivity contribution < 1.29 is 43.2 Å². The molecule has 0 spiro atoms. The van der Waals surface area contributed by atoms with Gasteiger partial charge in [0.2, 0.25) is 0 Å². The first kappa shape index (κ1) is 29.1. The van der Waals surface area contributed by atoms with Gasteiger partial charge in [-0.05, 0) is 49.4 Å². The fourth-order valence-corrected chi connectivity index (χ4v) is 6.85. The van der Waals surface area contributed by atoms with Gasteiger partial charge in [0, 0.05) is 11.6 Å². The van der Waals surface area contributed by atoms with Gasteiger partial charge in [-0.3, -0.25) is 4.79 Å². The lowest BCUT2D eigenvalue weighted by Crippen LogP contribution is -2.31. The molecule has 0 aliphatic heterocycles. The second-order valence-electron chi connectivity index (χ2n) is 8.05. The van der Waals surface area contributed by atoms with Crippen LogP contribution in [0.3, 0.4) is 0 Å². The Morgan fingerprint density at radius 2 is 1.37 bits per heavy atom. The molecule has 0 aliphatic rings. The zero-order valence-electron chi connectivity index (χ0n) is 19.5. The zero-order chi connectivity index (χ0) is 28.4. The first-order chi connectivity index (χ1) is 17.5. The summed E-state index contributed by atoms with van der Waals surface area (Å²) in [7, 11) is -14.8. The van der Waals surface area contributed by atoms with E-state index in [1.54, 1.807) is 16.9 Å². The molecule has 0 radical (unpaired) electrons. The van der Waals surface area contributed by atoms with Crippen LogP contribution in [-0.4, -0.2) is 48.5 Å². The van der Waals surface area contributed by atoms with Gasteiger partial charge in [-0.15, -0.1) is 0 Å². The number of amides is 1. The Morgan fingerprint density at radius 3 is 1.92 bits per heavy atom. The van der Waals surface area contributed by atoms with E-state index in [1.165, 1.54) is 55.5 Å². The molecule has 0 bridgehead atoms.